The first kappa shape index (κ1) is 21.6. The minimum Gasteiger partial charge on any atom is -0.484 e. The van der Waals surface area contributed by atoms with Crippen LogP contribution in [0, 0.1) is 0 Å². The highest BCUT2D eigenvalue weighted by atomic mass is 35.5. The number of aromatic nitrogens is 4. The van der Waals surface area contributed by atoms with Gasteiger partial charge in [-0.1, -0.05) is 53.7 Å². The van der Waals surface area contributed by atoms with E-state index in [9.17, 15) is 4.79 Å². The number of hydrogen-bond acceptors (Lipinski definition) is 5. The first-order valence-corrected chi connectivity index (χ1v) is 12.8. The lowest BCUT2D eigenvalue weighted by Gasteiger charge is -2.27. The number of halogens is 1. The quantitative estimate of drug-likeness (QED) is 0.366. The van der Waals surface area contributed by atoms with Gasteiger partial charge in [-0.3, -0.25) is 9.36 Å². The fourth-order valence-corrected chi connectivity index (χ4v) is 5.62. The molecule has 1 saturated carbocycles. The molecule has 0 saturated heterocycles. The summed E-state index contributed by atoms with van der Waals surface area (Å²) in [7, 11) is 0. The first-order valence-electron chi connectivity index (χ1n) is 11.5. The molecule has 0 bridgehead atoms. The molecule has 7 nitrogen and oxygen atoms in total. The second kappa shape index (κ2) is 9.00. The van der Waals surface area contributed by atoms with E-state index in [4.69, 9.17) is 16.3 Å². The van der Waals surface area contributed by atoms with Crippen LogP contribution >= 0.6 is 23.4 Å². The van der Waals surface area contributed by atoms with Crippen molar-refractivity contribution in [2.45, 2.75) is 43.6 Å². The lowest BCUT2D eigenvalue weighted by Crippen LogP contribution is -2.37. The van der Waals surface area contributed by atoms with Gasteiger partial charge in [0, 0.05) is 47.7 Å². The molecule has 2 aromatic heterocycles. The maximum atomic E-state index is 13.1. The van der Waals surface area contributed by atoms with Crippen molar-refractivity contribution in [2.75, 3.05) is 12.3 Å². The van der Waals surface area contributed by atoms with E-state index >= 15 is 0 Å². The Kier molecular flexibility index (Phi) is 5.71. The van der Waals surface area contributed by atoms with Crippen molar-refractivity contribution in [2.24, 2.45) is 0 Å². The number of ether oxygens (including phenoxy) is 1. The molecule has 174 valence electrons. The monoisotopic (exact) mass is 493 g/mol. The van der Waals surface area contributed by atoms with Crippen LogP contribution in [0.25, 0.3) is 10.9 Å². The van der Waals surface area contributed by atoms with Crippen molar-refractivity contribution in [3.63, 3.8) is 0 Å². The number of para-hydroxylation sites is 2. The summed E-state index contributed by atoms with van der Waals surface area (Å²) in [5.41, 5.74) is 3.62. The molecule has 1 amide bonds. The lowest BCUT2D eigenvalue weighted by atomic mass is 10.0. The standard InChI is InChI=1S/C25H24ClN5O2S/c26-19-6-2-4-8-22(19)33-14-23-28-29-25(31(23)16-9-10-16)34-15-24(32)30-12-11-21-18(13-30)17-5-1-3-7-20(17)27-21/h1-8,16,27H,9-15H2. The third-order valence-corrected chi connectivity index (χ3v) is 7.64. The molecule has 0 atom stereocenters. The van der Waals surface area contributed by atoms with E-state index in [1.54, 1.807) is 6.07 Å². The number of nitrogens with zero attached hydrogens (tertiary/aromatic N) is 4. The van der Waals surface area contributed by atoms with Gasteiger partial charge < -0.3 is 14.6 Å². The summed E-state index contributed by atoms with van der Waals surface area (Å²) in [6.07, 6.45) is 3.03. The minimum atomic E-state index is 0.125. The Balaban J connectivity index is 1.12. The number of benzene rings is 2. The van der Waals surface area contributed by atoms with E-state index in [1.165, 1.54) is 28.4 Å². The molecular weight excluding hydrogens is 470 g/mol. The summed E-state index contributed by atoms with van der Waals surface area (Å²) < 4.78 is 8.02. The lowest BCUT2D eigenvalue weighted by molar-refractivity contribution is -0.129. The summed E-state index contributed by atoms with van der Waals surface area (Å²) in [5, 5.41) is 11.3. The van der Waals surface area contributed by atoms with Gasteiger partial charge in [-0.05, 0) is 31.0 Å². The summed E-state index contributed by atoms with van der Waals surface area (Å²) in [4.78, 5) is 18.5. The van der Waals surface area contributed by atoms with Crippen LogP contribution in [0.15, 0.2) is 53.7 Å². The Labute approximate surface area is 206 Å². The molecule has 0 unspecified atom stereocenters. The van der Waals surface area contributed by atoms with Crippen molar-refractivity contribution >= 4 is 40.2 Å². The SMILES string of the molecule is O=C(CSc1nnc(COc2ccccc2Cl)n1C1CC1)N1CCc2[nH]c3ccccc3c2C1. The molecule has 34 heavy (non-hydrogen) atoms. The summed E-state index contributed by atoms with van der Waals surface area (Å²) in [6.45, 7) is 1.66. The Bertz CT molecular complexity index is 1360. The highest BCUT2D eigenvalue weighted by Crippen LogP contribution is 2.39. The van der Waals surface area contributed by atoms with Crippen LogP contribution in [0.2, 0.25) is 5.02 Å². The van der Waals surface area contributed by atoms with E-state index in [1.807, 2.05) is 35.2 Å². The zero-order chi connectivity index (χ0) is 23.1. The van der Waals surface area contributed by atoms with E-state index in [0.29, 0.717) is 29.1 Å². The van der Waals surface area contributed by atoms with Gasteiger partial charge in [0.15, 0.2) is 11.0 Å². The number of amides is 1. The molecule has 2 aromatic carbocycles. The largest absolute Gasteiger partial charge is 0.484 e. The fraction of sp³-hybridized carbons (Fsp3) is 0.320. The number of H-pyrrole nitrogens is 1. The average molecular weight is 494 g/mol. The second-order valence-corrected chi connectivity index (χ2v) is 10.1. The molecule has 3 heterocycles. The van der Waals surface area contributed by atoms with E-state index in [-0.39, 0.29) is 12.5 Å². The summed E-state index contributed by atoms with van der Waals surface area (Å²) >= 11 is 7.67. The molecule has 1 aliphatic carbocycles. The smallest absolute Gasteiger partial charge is 0.233 e. The number of hydrogen-bond donors (Lipinski definition) is 1. The molecule has 9 heteroatoms. The predicted octanol–water partition coefficient (Wildman–Crippen LogP) is 5.00. The number of carbonyl (C=O) groups excluding carboxylic acids is 1. The van der Waals surface area contributed by atoms with Crippen LogP contribution in [-0.2, 0) is 24.4 Å². The Hall–Kier alpha value is -2.97. The van der Waals surface area contributed by atoms with Gasteiger partial charge in [-0.15, -0.1) is 10.2 Å². The van der Waals surface area contributed by atoms with E-state index < -0.39 is 0 Å². The van der Waals surface area contributed by atoms with Crippen LogP contribution in [0.5, 0.6) is 5.75 Å². The zero-order valence-electron chi connectivity index (χ0n) is 18.5. The summed E-state index contributed by atoms with van der Waals surface area (Å²) in [6, 6.07) is 16.1. The van der Waals surface area contributed by atoms with Crippen LogP contribution in [0.4, 0.5) is 0 Å². The van der Waals surface area contributed by atoms with Gasteiger partial charge in [0.25, 0.3) is 0 Å². The molecule has 0 radical (unpaired) electrons. The fourth-order valence-electron chi connectivity index (χ4n) is 4.50. The summed E-state index contributed by atoms with van der Waals surface area (Å²) in [5.74, 6) is 1.85. The molecule has 2 aliphatic rings. The highest BCUT2D eigenvalue weighted by molar-refractivity contribution is 7.99. The topological polar surface area (TPSA) is 76.0 Å². The van der Waals surface area contributed by atoms with Gasteiger partial charge in [0.1, 0.15) is 12.4 Å². The first-order chi connectivity index (χ1) is 16.7. The van der Waals surface area contributed by atoms with Crippen molar-refractivity contribution in [3.05, 3.63) is 70.6 Å². The second-order valence-electron chi connectivity index (χ2n) is 8.70. The maximum Gasteiger partial charge on any atom is 0.233 e. The van der Waals surface area contributed by atoms with Crippen molar-refractivity contribution in [1.82, 2.24) is 24.6 Å². The maximum absolute atomic E-state index is 13.1. The number of aromatic amines is 1. The van der Waals surface area contributed by atoms with Crippen LogP contribution in [-0.4, -0.2) is 42.9 Å². The normalized spacial score (nSPS) is 15.5. The van der Waals surface area contributed by atoms with Gasteiger partial charge in [0.05, 0.1) is 10.8 Å². The molecule has 6 rings (SSSR count). The molecule has 0 spiro atoms. The minimum absolute atomic E-state index is 0.125. The Morgan fingerprint density at radius 2 is 1.97 bits per heavy atom. The molecule has 4 aromatic rings. The third-order valence-electron chi connectivity index (χ3n) is 6.40. The average Bonchev–Trinajstić information content (AvgIpc) is 3.51. The zero-order valence-corrected chi connectivity index (χ0v) is 20.1. The molecular formula is C25H24ClN5O2S. The molecule has 1 fully saturated rings. The van der Waals surface area contributed by atoms with Crippen LogP contribution in [0.1, 0.15) is 36.0 Å². The van der Waals surface area contributed by atoms with Crippen molar-refractivity contribution in [3.8, 4) is 5.75 Å². The van der Waals surface area contributed by atoms with Crippen molar-refractivity contribution in [1.29, 1.82) is 0 Å². The molecule has 1 N–H and O–H groups in total. The van der Waals surface area contributed by atoms with Crippen molar-refractivity contribution < 1.29 is 9.53 Å². The third kappa shape index (κ3) is 4.16. The van der Waals surface area contributed by atoms with Gasteiger partial charge in [0.2, 0.25) is 5.91 Å². The van der Waals surface area contributed by atoms with Gasteiger partial charge >= 0.3 is 0 Å². The van der Waals surface area contributed by atoms with Crippen LogP contribution in [0.3, 0.4) is 0 Å². The number of thioether (sulfide) groups is 1. The van der Waals surface area contributed by atoms with Crippen LogP contribution < -0.4 is 4.74 Å². The van der Waals surface area contributed by atoms with Gasteiger partial charge in [-0.2, -0.15) is 0 Å². The molecule has 1 aliphatic heterocycles. The predicted molar refractivity (Wildman–Crippen MR) is 132 cm³/mol. The van der Waals surface area contributed by atoms with E-state index in [2.05, 4.69) is 31.9 Å². The Morgan fingerprint density at radius 3 is 2.82 bits per heavy atom. The van der Waals surface area contributed by atoms with Gasteiger partial charge in [-0.25, -0.2) is 0 Å². The number of carbonyl (C=O) groups is 1. The number of fused-ring (bicyclic) bond motifs is 3. The van der Waals surface area contributed by atoms with E-state index in [0.717, 1.165) is 42.3 Å². The Morgan fingerprint density at radius 1 is 1.15 bits per heavy atom. The highest BCUT2D eigenvalue weighted by Gasteiger charge is 2.31. The number of nitrogens with one attached hydrogen (secondary N) is 1. The number of rotatable bonds is 7.